The number of benzene rings is 3. The van der Waals surface area contributed by atoms with E-state index in [4.69, 9.17) is 4.74 Å². The van der Waals surface area contributed by atoms with Gasteiger partial charge in [-0.15, -0.1) is 0 Å². The summed E-state index contributed by atoms with van der Waals surface area (Å²) in [6.07, 6.45) is 0.403. The number of para-hydroxylation sites is 1. The van der Waals surface area contributed by atoms with Crippen LogP contribution in [0.1, 0.15) is 58.2 Å². The first-order valence-electron chi connectivity index (χ1n) is 12.9. The highest BCUT2D eigenvalue weighted by Crippen LogP contribution is 2.31. The highest BCUT2D eigenvalue weighted by atomic mass is 16.5. The third-order valence-corrected chi connectivity index (χ3v) is 6.01. The highest BCUT2D eigenvalue weighted by molar-refractivity contribution is 5.89. The molecule has 0 fully saturated rings. The van der Waals surface area contributed by atoms with E-state index in [2.05, 4.69) is 26.1 Å². The van der Waals surface area contributed by atoms with Crippen molar-refractivity contribution in [2.45, 2.75) is 71.5 Å². The molecule has 3 rings (SSSR count). The molecule has 0 aromatic heterocycles. The van der Waals surface area contributed by atoms with Crippen LogP contribution in [0.2, 0.25) is 0 Å². The van der Waals surface area contributed by atoms with Crippen molar-refractivity contribution in [3.05, 3.63) is 102 Å². The van der Waals surface area contributed by atoms with Crippen molar-refractivity contribution >= 4 is 11.8 Å². The Labute approximate surface area is 221 Å². The minimum atomic E-state index is -0.698. The number of nitrogens with zero attached hydrogens (tertiary/aromatic N) is 1. The van der Waals surface area contributed by atoms with Crippen LogP contribution in [-0.4, -0.2) is 34.9 Å². The second-order valence-corrected chi connectivity index (χ2v) is 11.5. The van der Waals surface area contributed by atoms with Gasteiger partial charge < -0.3 is 15.0 Å². The second kappa shape index (κ2) is 12.1. The minimum absolute atomic E-state index is 0.133. The summed E-state index contributed by atoms with van der Waals surface area (Å²) in [5.74, 6) is 0.259. The summed E-state index contributed by atoms with van der Waals surface area (Å²) in [4.78, 5) is 29.1. The largest absolute Gasteiger partial charge is 0.483 e. The Kier molecular flexibility index (Phi) is 9.14. The van der Waals surface area contributed by atoms with Gasteiger partial charge in [0.2, 0.25) is 5.91 Å². The minimum Gasteiger partial charge on any atom is -0.483 e. The van der Waals surface area contributed by atoms with Crippen LogP contribution in [0.5, 0.6) is 5.75 Å². The van der Waals surface area contributed by atoms with Crippen molar-refractivity contribution in [3.63, 3.8) is 0 Å². The van der Waals surface area contributed by atoms with Crippen LogP contribution >= 0.6 is 0 Å². The molecule has 0 spiro atoms. The van der Waals surface area contributed by atoms with Crippen LogP contribution in [0.25, 0.3) is 0 Å². The maximum atomic E-state index is 13.8. The fourth-order valence-corrected chi connectivity index (χ4v) is 4.22. The summed E-state index contributed by atoms with van der Waals surface area (Å²) in [6.45, 7) is 12.3. The standard InChI is InChI=1S/C32H40N2O3/c1-31(2,3)26-19-13-14-20-28(26)37-23-29(35)34(22-25-17-11-8-12-18-25)27(30(36)33-32(4,5)6)21-24-15-9-7-10-16-24/h7-20,27H,21-23H2,1-6H3,(H,33,36)/t27-/m0/s1. The van der Waals surface area contributed by atoms with Crippen LogP contribution in [0.4, 0.5) is 0 Å². The Morgan fingerprint density at radius 1 is 0.784 bits per heavy atom. The lowest BCUT2D eigenvalue weighted by Gasteiger charge is -2.34. The molecule has 3 aromatic rings. The first-order chi connectivity index (χ1) is 17.4. The number of hydrogen-bond acceptors (Lipinski definition) is 3. The van der Waals surface area contributed by atoms with E-state index in [0.717, 1.165) is 16.7 Å². The van der Waals surface area contributed by atoms with Gasteiger partial charge in [-0.25, -0.2) is 0 Å². The number of carbonyl (C=O) groups is 2. The van der Waals surface area contributed by atoms with Crippen LogP contribution < -0.4 is 10.1 Å². The van der Waals surface area contributed by atoms with E-state index in [9.17, 15) is 9.59 Å². The normalized spacial score (nSPS) is 12.5. The van der Waals surface area contributed by atoms with E-state index in [1.807, 2.05) is 106 Å². The van der Waals surface area contributed by atoms with Crippen molar-refractivity contribution in [1.82, 2.24) is 10.2 Å². The Hall–Kier alpha value is -3.60. The molecule has 5 nitrogen and oxygen atoms in total. The molecule has 0 heterocycles. The molecule has 37 heavy (non-hydrogen) atoms. The molecule has 0 unspecified atom stereocenters. The fourth-order valence-electron chi connectivity index (χ4n) is 4.22. The first-order valence-corrected chi connectivity index (χ1v) is 12.9. The van der Waals surface area contributed by atoms with Gasteiger partial charge in [0, 0.05) is 18.5 Å². The molecule has 3 aromatic carbocycles. The van der Waals surface area contributed by atoms with Gasteiger partial charge in [-0.3, -0.25) is 9.59 Å². The van der Waals surface area contributed by atoms with Crippen molar-refractivity contribution < 1.29 is 14.3 Å². The van der Waals surface area contributed by atoms with Crippen molar-refractivity contribution in [2.75, 3.05) is 6.61 Å². The first kappa shape index (κ1) is 28.0. The SMILES string of the molecule is CC(C)(C)NC(=O)[C@H](Cc1ccccc1)N(Cc1ccccc1)C(=O)COc1ccccc1C(C)(C)C. The summed E-state index contributed by atoms with van der Waals surface area (Å²) in [6, 6.07) is 26.7. The molecule has 1 atom stereocenters. The van der Waals surface area contributed by atoms with E-state index in [0.29, 0.717) is 18.7 Å². The maximum absolute atomic E-state index is 13.8. The van der Waals surface area contributed by atoms with Gasteiger partial charge >= 0.3 is 0 Å². The van der Waals surface area contributed by atoms with Gasteiger partial charge in [-0.1, -0.05) is 99.6 Å². The number of nitrogens with one attached hydrogen (secondary N) is 1. The quantitative estimate of drug-likeness (QED) is 0.397. The molecule has 5 heteroatoms. The number of amides is 2. The molecule has 1 N–H and O–H groups in total. The summed E-state index contributed by atoms with van der Waals surface area (Å²) in [7, 11) is 0. The van der Waals surface area contributed by atoms with Gasteiger partial charge in [-0.05, 0) is 48.9 Å². The smallest absolute Gasteiger partial charge is 0.261 e. The molecule has 196 valence electrons. The summed E-state index contributed by atoms with van der Waals surface area (Å²) >= 11 is 0. The molecule has 0 saturated carbocycles. The molecule has 2 amide bonds. The Bertz CT molecular complexity index is 1160. The van der Waals surface area contributed by atoms with Crippen molar-refractivity contribution in [3.8, 4) is 5.75 Å². The fraction of sp³-hybridized carbons (Fsp3) is 0.375. The van der Waals surface area contributed by atoms with Gasteiger partial charge in [0.05, 0.1) is 0 Å². The van der Waals surface area contributed by atoms with Crippen LogP contribution in [0.15, 0.2) is 84.9 Å². The molecular formula is C32H40N2O3. The van der Waals surface area contributed by atoms with Gasteiger partial charge in [0.1, 0.15) is 11.8 Å². The number of carbonyl (C=O) groups excluding carboxylic acids is 2. The Morgan fingerprint density at radius 3 is 1.89 bits per heavy atom. The van der Waals surface area contributed by atoms with Crippen LogP contribution in [0, 0.1) is 0 Å². The molecular weight excluding hydrogens is 460 g/mol. The van der Waals surface area contributed by atoms with E-state index >= 15 is 0 Å². The van der Waals surface area contributed by atoms with E-state index < -0.39 is 11.6 Å². The average Bonchev–Trinajstić information content (AvgIpc) is 2.84. The molecule has 0 aliphatic rings. The molecule has 0 bridgehead atoms. The zero-order valence-electron chi connectivity index (χ0n) is 23.0. The highest BCUT2D eigenvalue weighted by Gasteiger charge is 2.32. The summed E-state index contributed by atoms with van der Waals surface area (Å²) < 4.78 is 6.10. The maximum Gasteiger partial charge on any atom is 0.261 e. The van der Waals surface area contributed by atoms with Gasteiger partial charge in [0.25, 0.3) is 5.91 Å². The van der Waals surface area contributed by atoms with Crippen molar-refractivity contribution in [2.24, 2.45) is 0 Å². The van der Waals surface area contributed by atoms with Crippen LogP contribution in [0.3, 0.4) is 0 Å². The predicted molar refractivity (Wildman–Crippen MR) is 149 cm³/mol. The topological polar surface area (TPSA) is 58.6 Å². The zero-order chi connectivity index (χ0) is 27.1. The molecule has 0 radical (unpaired) electrons. The summed E-state index contributed by atoms with van der Waals surface area (Å²) in [5, 5.41) is 3.09. The number of rotatable bonds is 9. The number of hydrogen-bond donors (Lipinski definition) is 1. The lowest BCUT2D eigenvalue weighted by atomic mass is 9.86. The molecule has 0 aliphatic heterocycles. The van der Waals surface area contributed by atoms with Gasteiger partial charge in [-0.2, -0.15) is 0 Å². The van der Waals surface area contributed by atoms with Crippen LogP contribution in [-0.2, 0) is 28.0 Å². The predicted octanol–water partition coefficient (Wildman–Crippen LogP) is 5.92. The molecule has 0 aliphatic carbocycles. The van der Waals surface area contributed by atoms with Gasteiger partial charge in [0.15, 0.2) is 6.61 Å². The second-order valence-electron chi connectivity index (χ2n) is 11.5. The van der Waals surface area contributed by atoms with E-state index in [-0.39, 0.29) is 23.8 Å². The van der Waals surface area contributed by atoms with E-state index in [1.54, 1.807) is 4.90 Å². The summed E-state index contributed by atoms with van der Waals surface area (Å²) in [5.41, 5.74) is 2.40. The zero-order valence-corrected chi connectivity index (χ0v) is 23.0. The third-order valence-electron chi connectivity index (χ3n) is 6.01. The molecule has 0 saturated heterocycles. The Balaban J connectivity index is 1.94. The lowest BCUT2D eigenvalue weighted by molar-refractivity contribution is -0.143. The lowest BCUT2D eigenvalue weighted by Crippen LogP contribution is -2.55. The monoisotopic (exact) mass is 500 g/mol. The van der Waals surface area contributed by atoms with E-state index in [1.165, 1.54) is 0 Å². The third kappa shape index (κ3) is 8.49. The average molecular weight is 501 g/mol. The number of ether oxygens (including phenoxy) is 1. The van der Waals surface area contributed by atoms with Crippen molar-refractivity contribution in [1.29, 1.82) is 0 Å². The Morgan fingerprint density at radius 2 is 1.32 bits per heavy atom.